The lowest BCUT2D eigenvalue weighted by Crippen LogP contribution is -2.05. The van der Waals surface area contributed by atoms with Gasteiger partial charge in [0.25, 0.3) is 0 Å². The highest BCUT2D eigenvalue weighted by Gasteiger charge is 2.16. The van der Waals surface area contributed by atoms with Gasteiger partial charge in [0.05, 0.1) is 11.7 Å². The molecule has 0 amide bonds. The molecule has 0 bridgehead atoms. The molecule has 0 radical (unpaired) electrons. The molecule has 2 aromatic rings. The Kier molecular flexibility index (Phi) is 3.80. The SMILES string of the molecule is CC(C)=CCOc1cnc2ccccc2c1C(=O)O. The molecule has 1 N–H and O–H groups in total. The van der Waals surface area contributed by atoms with Crippen molar-refractivity contribution in [1.29, 1.82) is 0 Å². The molecule has 0 aliphatic rings. The van der Waals surface area contributed by atoms with Gasteiger partial charge < -0.3 is 9.84 Å². The Labute approximate surface area is 111 Å². The van der Waals surface area contributed by atoms with Crippen molar-refractivity contribution in [3.05, 3.63) is 47.7 Å². The zero-order chi connectivity index (χ0) is 13.8. The van der Waals surface area contributed by atoms with Gasteiger partial charge in [0, 0.05) is 5.39 Å². The highest BCUT2D eigenvalue weighted by Crippen LogP contribution is 2.26. The Morgan fingerprint density at radius 3 is 2.79 bits per heavy atom. The fourth-order valence-corrected chi connectivity index (χ4v) is 1.75. The fraction of sp³-hybridized carbons (Fsp3) is 0.200. The first-order chi connectivity index (χ1) is 9.09. The standard InChI is InChI=1S/C15H15NO3/c1-10(2)7-8-19-13-9-16-12-6-4-3-5-11(12)14(13)15(17)18/h3-7,9H,8H2,1-2H3,(H,17,18). The minimum Gasteiger partial charge on any atom is -0.487 e. The van der Waals surface area contributed by atoms with Gasteiger partial charge in [-0.3, -0.25) is 4.98 Å². The first-order valence-electron chi connectivity index (χ1n) is 5.97. The summed E-state index contributed by atoms with van der Waals surface area (Å²) in [6.07, 6.45) is 3.35. The second-order valence-corrected chi connectivity index (χ2v) is 4.41. The van der Waals surface area contributed by atoms with Crippen LogP contribution in [0.25, 0.3) is 10.9 Å². The van der Waals surface area contributed by atoms with Crippen LogP contribution in [0.1, 0.15) is 24.2 Å². The number of nitrogens with zero attached hydrogens (tertiary/aromatic N) is 1. The maximum Gasteiger partial charge on any atom is 0.340 e. The first-order valence-corrected chi connectivity index (χ1v) is 5.97. The number of hydrogen-bond donors (Lipinski definition) is 1. The number of aromatic nitrogens is 1. The van der Waals surface area contributed by atoms with E-state index in [0.29, 0.717) is 23.3 Å². The minimum atomic E-state index is -1.01. The van der Waals surface area contributed by atoms with Crippen LogP contribution in [-0.2, 0) is 0 Å². The summed E-state index contributed by atoms with van der Waals surface area (Å²) in [7, 11) is 0. The summed E-state index contributed by atoms with van der Waals surface area (Å²) >= 11 is 0. The van der Waals surface area contributed by atoms with E-state index in [4.69, 9.17) is 4.74 Å². The van der Waals surface area contributed by atoms with Gasteiger partial charge in [0.2, 0.25) is 0 Å². The van der Waals surface area contributed by atoms with Gasteiger partial charge in [-0.2, -0.15) is 0 Å². The van der Waals surface area contributed by atoms with Crippen molar-refractivity contribution in [3.8, 4) is 5.75 Å². The number of carbonyl (C=O) groups is 1. The quantitative estimate of drug-likeness (QED) is 0.854. The number of ether oxygens (including phenoxy) is 1. The monoisotopic (exact) mass is 257 g/mol. The molecule has 0 saturated heterocycles. The van der Waals surface area contributed by atoms with Crippen LogP contribution in [0.5, 0.6) is 5.75 Å². The van der Waals surface area contributed by atoms with Crippen LogP contribution in [0.15, 0.2) is 42.1 Å². The average Bonchev–Trinajstić information content (AvgIpc) is 2.37. The Hall–Kier alpha value is -2.36. The molecule has 0 aliphatic carbocycles. The lowest BCUT2D eigenvalue weighted by atomic mass is 10.1. The third kappa shape index (κ3) is 2.91. The molecule has 98 valence electrons. The van der Waals surface area contributed by atoms with Crippen molar-refractivity contribution in [2.45, 2.75) is 13.8 Å². The largest absolute Gasteiger partial charge is 0.487 e. The normalized spacial score (nSPS) is 10.2. The van der Waals surface area contributed by atoms with Crippen LogP contribution in [0.2, 0.25) is 0 Å². The maximum atomic E-state index is 11.4. The van der Waals surface area contributed by atoms with E-state index in [1.165, 1.54) is 6.20 Å². The molecule has 1 heterocycles. The molecule has 1 aromatic heterocycles. The highest BCUT2D eigenvalue weighted by molar-refractivity contribution is 6.04. The third-order valence-electron chi connectivity index (χ3n) is 2.68. The summed E-state index contributed by atoms with van der Waals surface area (Å²) in [5.74, 6) is -0.713. The predicted octanol–water partition coefficient (Wildman–Crippen LogP) is 3.28. The number of rotatable bonds is 4. The summed E-state index contributed by atoms with van der Waals surface area (Å²) in [5, 5.41) is 9.94. The second kappa shape index (κ2) is 5.52. The van der Waals surface area contributed by atoms with E-state index in [9.17, 15) is 9.90 Å². The van der Waals surface area contributed by atoms with Gasteiger partial charge in [0.15, 0.2) is 5.75 Å². The predicted molar refractivity (Wildman–Crippen MR) is 73.6 cm³/mol. The number of carboxylic acids is 1. The molecule has 0 saturated carbocycles. The summed E-state index contributed by atoms with van der Waals surface area (Å²) < 4.78 is 5.50. The van der Waals surface area contributed by atoms with E-state index in [1.807, 2.05) is 26.0 Å². The van der Waals surface area contributed by atoms with E-state index in [1.54, 1.807) is 18.2 Å². The van der Waals surface area contributed by atoms with E-state index < -0.39 is 5.97 Å². The highest BCUT2D eigenvalue weighted by atomic mass is 16.5. The Morgan fingerprint density at radius 1 is 1.37 bits per heavy atom. The lowest BCUT2D eigenvalue weighted by molar-refractivity contribution is 0.0695. The number of carboxylic acid groups (broad SMARTS) is 1. The topological polar surface area (TPSA) is 59.4 Å². The number of hydrogen-bond acceptors (Lipinski definition) is 3. The third-order valence-corrected chi connectivity index (χ3v) is 2.68. The molecule has 1 aromatic carbocycles. The zero-order valence-electron chi connectivity index (χ0n) is 10.9. The second-order valence-electron chi connectivity index (χ2n) is 4.41. The van der Waals surface area contributed by atoms with E-state index in [2.05, 4.69) is 4.98 Å². The van der Waals surface area contributed by atoms with Crippen LogP contribution < -0.4 is 4.74 Å². The van der Waals surface area contributed by atoms with Crippen molar-refractivity contribution in [2.24, 2.45) is 0 Å². The molecule has 19 heavy (non-hydrogen) atoms. The van der Waals surface area contributed by atoms with Gasteiger partial charge in [-0.1, -0.05) is 23.8 Å². The van der Waals surface area contributed by atoms with Gasteiger partial charge >= 0.3 is 5.97 Å². The Balaban J connectivity index is 2.46. The number of pyridine rings is 1. The smallest absolute Gasteiger partial charge is 0.340 e. The van der Waals surface area contributed by atoms with Crippen LogP contribution in [0.4, 0.5) is 0 Å². The minimum absolute atomic E-state index is 0.160. The zero-order valence-corrected chi connectivity index (χ0v) is 10.9. The van der Waals surface area contributed by atoms with Crippen LogP contribution in [-0.4, -0.2) is 22.7 Å². The molecular formula is C15H15NO3. The first kappa shape index (κ1) is 13.1. The Bertz CT molecular complexity index is 643. The van der Waals surface area contributed by atoms with Crippen molar-refractivity contribution in [3.63, 3.8) is 0 Å². The van der Waals surface area contributed by atoms with Crippen molar-refractivity contribution in [2.75, 3.05) is 6.61 Å². The number of fused-ring (bicyclic) bond motifs is 1. The van der Waals surface area contributed by atoms with Crippen molar-refractivity contribution >= 4 is 16.9 Å². The average molecular weight is 257 g/mol. The summed E-state index contributed by atoms with van der Waals surface area (Å²) in [6.45, 7) is 4.25. The molecule has 4 nitrogen and oxygen atoms in total. The summed E-state index contributed by atoms with van der Waals surface area (Å²) in [6, 6.07) is 7.13. The number of aromatic carboxylic acids is 1. The maximum absolute atomic E-state index is 11.4. The molecule has 0 spiro atoms. The lowest BCUT2D eigenvalue weighted by Gasteiger charge is -2.09. The molecule has 2 rings (SSSR count). The van der Waals surface area contributed by atoms with Gasteiger partial charge in [0.1, 0.15) is 12.2 Å². The van der Waals surface area contributed by atoms with E-state index in [-0.39, 0.29) is 5.56 Å². The van der Waals surface area contributed by atoms with Crippen LogP contribution in [0, 0.1) is 0 Å². The Morgan fingerprint density at radius 2 is 2.11 bits per heavy atom. The molecule has 0 aliphatic heterocycles. The summed E-state index contributed by atoms with van der Waals surface area (Å²) in [4.78, 5) is 15.6. The van der Waals surface area contributed by atoms with Gasteiger partial charge in [-0.15, -0.1) is 0 Å². The van der Waals surface area contributed by atoms with Crippen LogP contribution in [0.3, 0.4) is 0 Å². The molecule has 0 fully saturated rings. The van der Waals surface area contributed by atoms with Gasteiger partial charge in [-0.05, 0) is 26.0 Å². The van der Waals surface area contributed by atoms with Crippen molar-refractivity contribution < 1.29 is 14.6 Å². The van der Waals surface area contributed by atoms with E-state index in [0.717, 1.165) is 5.57 Å². The fourth-order valence-electron chi connectivity index (χ4n) is 1.75. The number of para-hydroxylation sites is 1. The summed E-state index contributed by atoms with van der Waals surface area (Å²) in [5.41, 5.74) is 1.92. The molecule has 0 unspecified atom stereocenters. The number of benzene rings is 1. The van der Waals surface area contributed by atoms with Crippen LogP contribution >= 0.6 is 0 Å². The number of allylic oxidation sites excluding steroid dienone is 1. The molecule has 0 atom stereocenters. The van der Waals surface area contributed by atoms with Crippen molar-refractivity contribution in [1.82, 2.24) is 4.98 Å². The molecular weight excluding hydrogens is 242 g/mol. The molecule has 4 heteroatoms. The van der Waals surface area contributed by atoms with E-state index >= 15 is 0 Å². The van der Waals surface area contributed by atoms with Gasteiger partial charge in [-0.25, -0.2) is 4.79 Å².